The monoisotopic (exact) mass is 231 g/mol. The molecule has 4 heteroatoms. The van der Waals surface area contributed by atoms with Crippen molar-refractivity contribution in [1.82, 2.24) is 14.9 Å². The van der Waals surface area contributed by atoms with Crippen molar-refractivity contribution in [2.45, 2.75) is 32.4 Å². The molecule has 0 amide bonds. The van der Waals surface area contributed by atoms with E-state index in [9.17, 15) is 4.79 Å². The SMILES string of the molecule is Cc1cccc2c1[nH]c(=O)n2CC1CCCN1. The Labute approximate surface area is 99.6 Å². The van der Waals surface area contributed by atoms with Crippen LogP contribution in [-0.2, 0) is 6.54 Å². The summed E-state index contributed by atoms with van der Waals surface area (Å²) in [6, 6.07) is 6.47. The first kappa shape index (κ1) is 10.6. The van der Waals surface area contributed by atoms with Crippen LogP contribution in [0.15, 0.2) is 23.0 Å². The van der Waals surface area contributed by atoms with E-state index in [2.05, 4.69) is 10.3 Å². The van der Waals surface area contributed by atoms with Crippen molar-refractivity contribution < 1.29 is 0 Å². The summed E-state index contributed by atoms with van der Waals surface area (Å²) >= 11 is 0. The van der Waals surface area contributed by atoms with Gasteiger partial charge < -0.3 is 10.3 Å². The molecule has 0 aliphatic carbocycles. The van der Waals surface area contributed by atoms with E-state index in [-0.39, 0.29) is 5.69 Å². The molecule has 1 atom stereocenters. The van der Waals surface area contributed by atoms with E-state index >= 15 is 0 Å². The maximum atomic E-state index is 12.0. The summed E-state index contributed by atoms with van der Waals surface area (Å²) in [5, 5.41) is 3.43. The number of aromatic nitrogens is 2. The van der Waals surface area contributed by atoms with Crippen molar-refractivity contribution >= 4 is 11.0 Å². The van der Waals surface area contributed by atoms with E-state index in [4.69, 9.17) is 0 Å². The predicted octanol–water partition coefficient (Wildman–Crippen LogP) is 1.39. The molecule has 1 unspecified atom stereocenters. The highest BCUT2D eigenvalue weighted by Crippen LogP contribution is 2.16. The van der Waals surface area contributed by atoms with Crippen LogP contribution in [0.25, 0.3) is 11.0 Å². The van der Waals surface area contributed by atoms with E-state index < -0.39 is 0 Å². The summed E-state index contributed by atoms with van der Waals surface area (Å²) in [6.45, 7) is 3.86. The van der Waals surface area contributed by atoms with Crippen molar-refractivity contribution in [2.24, 2.45) is 0 Å². The van der Waals surface area contributed by atoms with Crippen LogP contribution in [0.3, 0.4) is 0 Å². The van der Waals surface area contributed by atoms with Gasteiger partial charge in [-0.3, -0.25) is 4.57 Å². The Morgan fingerprint density at radius 1 is 1.47 bits per heavy atom. The van der Waals surface area contributed by atoms with Crippen molar-refractivity contribution in [3.63, 3.8) is 0 Å². The quantitative estimate of drug-likeness (QED) is 0.820. The molecular formula is C13H17N3O. The molecule has 4 nitrogen and oxygen atoms in total. The Kier molecular flexibility index (Phi) is 2.52. The van der Waals surface area contributed by atoms with Gasteiger partial charge in [0.1, 0.15) is 0 Å². The number of rotatable bonds is 2. The number of fused-ring (bicyclic) bond motifs is 1. The molecule has 2 heterocycles. The number of hydrogen-bond donors (Lipinski definition) is 2. The average molecular weight is 231 g/mol. The molecule has 90 valence electrons. The average Bonchev–Trinajstić information content (AvgIpc) is 2.91. The van der Waals surface area contributed by atoms with Crippen LogP contribution >= 0.6 is 0 Å². The number of nitrogens with zero attached hydrogens (tertiary/aromatic N) is 1. The van der Waals surface area contributed by atoms with Gasteiger partial charge in [-0.25, -0.2) is 4.79 Å². The van der Waals surface area contributed by atoms with Crippen LogP contribution in [0.2, 0.25) is 0 Å². The largest absolute Gasteiger partial charge is 0.326 e. The molecule has 1 saturated heterocycles. The zero-order valence-corrected chi connectivity index (χ0v) is 9.99. The summed E-state index contributed by atoms with van der Waals surface area (Å²) in [6.07, 6.45) is 2.37. The normalized spacial score (nSPS) is 20.2. The van der Waals surface area contributed by atoms with Gasteiger partial charge in [0, 0.05) is 12.6 Å². The van der Waals surface area contributed by atoms with Gasteiger partial charge in [-0.1, -0.05) is 12.1 Å². The third-order valence-electron chi connectivity index (χ3n) is 3.58. The van der Waals surface area contributed by atoms with Crippen LogP contribution in [0, 0.1) is 6.92 Å². The summed E-state index contributed by atoms with van der Waals surface area (Å²) in [5.41, 5.74) is 3.11. The molecule has 0 bridgehead atoms. The molecule has 17 heavy (non-hydrogen) atoms. The zero-order chi connectivity index (χ0) is 11.8. The van der Waals surface area contributed by atoms with E-state index in [1.807, 2.05) is 29.7 Å². The third-order valence-corrected chi connectivity index (χ3v) is 3.58. The molecule has 0 saturated carbocycles. The van der Waals surface area contributed by atoms with Gasteiger partial charge in [-0.15, -0.1) is 0 Å². The highest BCUT2D eigenvalue weighted by molar-refractivity contribution is 5.78. The number of hydrogen-bond acceptors (Lipinski definition) is 2. The molecule has 0 spiro atoms. The summed E-state index contributed by atoms with van der Waals surface area (Å²) in [5.74, 6) is 0. The van der Waals surface area contributed by atoms with Gasteiger partial charge in [0.15, 0.2) is 0 Å². The van der Waals surface area contributed by atoms with E-state index in [1.54, 1.807) is 0 Å². The van der Waals surface area contributed by atoms with E-state index in [0.29, 0.717) is 6.04 Å². The molecule has 2 aromatic rings. The first-order valence-electron chi connectivity index (χ1n) is 6.17. The van der Waals surface area contributed by atoms with Gasteiger partial charge in [0.2, 0.25) is 0 Å². The molecule has 1 aliphatic rings. The maximum absolute atomic E-state index is 12.0. The summed E-state index contributed by atoms with van der Waals surface area (Å²) < 4.78 is 1.85. The number of H-pyrrole nitrogens is 1. The molecule has 1 aromatic heterocycles. The number of para-hydroxylation sites is 1. The molecule has 0 radical (unpaired) electrons. The van der Waals surface area contributed by atoms with Gasteiger partial charge >= 0.3 is 5.69 Å². The van der Waals surface area contributed by atoms with Crippen LogP contribution < -0.4 is 11.0 Å². The lowest BCUT2D eigenvalue weighted by molar-refractivity contribution is 0.509. The first-order valence-corrected chi connectivity index (χ1v) is 6.17. The fourth-order valence-corrected chi connectivity index (χ4v) is 2.64. The van der Waals surface area contributed by atoms with Gasteiger partial charge in [-0.05, 0) is 37.9 Å². The summed E-state index contributed by atoms with van der Waals surface area (Å²) in [7, 11) is 0. The number of nitrogens with one attached hydrogen (secondary N) is 2. The number of benzene rings is 1. The van der Waals surface area contributed by atoms with Gasteiger partial charge in [-0.2, -0.15) is 0 Å². The first-order chi connectivity index (χ1) is 8.25. The van der Waals surface area contributed by atoms with E-state index in [1.165, 1.54) is 6.42 Å². The van der Waals surface area contributed by atoms with Crippen molar-refractivity contribution in [3.05, 3.63) is 34.2 Å². The topological polar surface area (TPSA) is 49.8 Å². The Morgan fingerprint density at radius 3 is 3.12 bits per heavy atom. The summed E-state index contributed by atoms with van der Waals surface area (Å²) in [4.78, 5) is 14.9. The van der Waals surface area contributed by atoms with E-state index in [0.717, 1.165) is 36.1 Å². The maximum Gasteiger partial charge on any atom is 0.326 e. The van der Waals surface area contributed by atoms with Gasteiger partial charge in [0.05, 0.1) is 11.0 Å². The second-order valence-electron chi connectivity index (χ2n) is 4.80. The zero-order valence-electron chi connectivity index (χ0n) is 9.99. The fourth-order valence-electron chi connectivity index (χ4n) is 2.64. The Morgan fingerprint density at radius 2 is 2.35 bits per heavy atom. The van der Waals surface area contributed by atoms with Crippen molar-refractivity contribution in [3.8, 4) is 0 Å². The Balaban J connectivity index is 2.06. The Hall–Kier alpha value is -1.55. The molecule has 1 fully saturated rings. The molecule has 1 aliphatic heterocycles. The standard InChI is InChI=1S/C13H17N3O/c1-9-4-2-6-11-12(9)15-13(17)16(11)8-10-5-3-7-14-10/h2,4,6,10,14H,3,5,7-8H2,1H3,(H,15,17). The smallest absolute Gasteiger partial charge is 0.312 e. The second kappa shape index (κ2) is 4.04. The molecule has 3 rings (SSSR count). The van der Waals surface area contributed by atoms with Crippen LogP contribution in [0.4, 0.5) is 0 Å². The van der Waals surface area contributed by atoms with Crippen LogP contribution in [-0.4, -0.2) is 22.1 Å². The second-order valence-corrected chi connectivity index (χ2v) is 4.80. The minimum absolute atomic E-state index is 0.00278. The lowest BCUT2D eigenvalue weighted by Crippen LogP contribution is -2.31. The molecular weight excluding hydrogens is 214 g/mol. The lowest BCUT2D eigenvalue weighted by atomic mass is 10.2. The number of aromatic amines is 1. The van der Waals surface area contributed by atoms with Gasteiger partial charge in [0.25, 0.3) is 0 Å². The minimum atomic E-state index is 0.00278. The third kappa shape index (κ3) is 1.78. The number of aryl methyl sites for hydroxylation is 1. The highest BCUT2D eigenvalue weighted by atomic mass is 16.1. The predicted molar refractivity (Wildman–Crippen MR) is 68.3 cm³/mol. The highest BCUT2D eigenvalue weighted by Gasteiger charge is 2.17. The fraction of sp³-hybridized carbons (Fsp3) is 0.462. The molecule has 1 aromatic carbocycles. The van der Waals surface area contributed by atoms with Crippen LogP contribution in [0.1, 0.15) is 18.4 Å². The minimum Gasteiger partial charge on any atom is -0.312 e. The van der Waals surface area contributed by atoms with Crippen LogP contribution in [0.5, 0.6) is 0 Å². The Bertz CT molecular complexity index is 590. The van der Waals surface area contributed by atoms with Crippen molar-refractivity contribution in [1.29, 1.82) is 0 Å². The van der Waals surface area contributed by atoms with Crippen molar-refractivity contribution in [2.75, 3.05) is 6.54 Å². The lowest BCUT2D eigenvalue weighted by Gasteiger charge is -2.10. The molecule has 2 N–H and O–H groups in total. The number of imidazole rings is 1.